The van der Waals surface area contributed by atoms with Gasteiger partial charge in [-0.1, -0.05) is 48.5 Å². The zero-order valence-electron chi connectivity index (χ0n) is 23.6. The Kier molecular flexibility index (Phi) is 8.13. The highest BCUT2D eigenvalue weighted by Crippen LogP contribution is 2.31. The van der Waals surface area contributed by atoms with Gasteiger partial charge in [0.05, 0.1) is 5.69 Å². The molecule has 5 aromatic rings. The number of nitrogens with one attached hydrogen (secondary N) is 1. The van der Waals surface area contributed by atoms with Crippen molar-refractivity contribution >= 4 is 5.97 Å². The van der Waals surface area contributed by atoms with E-state index in [1.54, 1.807) is 18.4 Å². The lowest BCUT2D eigenvalue weighted by Crippen LogP contribution is -2.25. The first-order valence-electron chi connectivity index (χ1n) is 13.2. The number of tetrazole rings is 1. The van der Waals surface area contributed by atoms with Crippen LogP contribution in [0.4, 0.5) is 0 Å². The van der Waals surface area contributed by atoms with Crippen molar-refractivity contribution in [1.29, 1.82) is 0 Å². The average Bonchev–Trinajstić information content (AvgIpc) is 3.70. The van der Waals surface area contributed by atoms with Gasteiger partial charge in [0.1, 0.15) is 18.0 Å². The van der Waals surface area contributed by atoms with Crippen LogP contribution in [-0.2, 0) is 34.8 Å². The zero-order chi connectivity index (χ0) is 29.9. The highest BCUT2D eigenvalue weighted by atomic mass is 16.6. The number of ether oxygens (including phenoxy) is 2. The summed E-state index contributed by atoms with van der Waals surface area (Å²) < 4.78 is 22.5. The number of benzene rings is 2. The number of hydrogen-bond acceptors (Lipinski definition) is 11. The lowest BCUT2D eigenvalue weighted by Gasteiger charge is -2.22. The molecule has 0 fully saturated rings. The third-order valence-electron chi connectivity index (χ3n) is 6.56. The van der Waals surface area contributed by atoms with Crippen LogP contribution in [0.3, 0.4) is 0 Å². The summed E-state index contributed by atoms with van der Waals surface area (Å²) in [6, 6.07) is 15.7. The van der Waals surface area contributed by atoms with Crippen molar-refractivity contribution in [3.8, 4) is 22.5 Å². The maximum atomic E-state index is 13.2. The van der Waals surface area contributed by atoms with Crippen LogP contribution in [0.25, 0.3) is 22.5 Å². The molecule has 0 aliphatic rings. The number of aryl methyl sites for hydroxylation is 1. The molecule has 2 aromatic carbocycles. The summed E-state index contributed by atoms with van der Waals surface area (Å²) in [6.07, 6.45) is 0. The van der Waals surface area contributed by atoms with Crippen molar-refractivity contribution in [3.05, 3.63) is 93.4 Å². The van der Waals surface area contributed by atoms with E-state index in [0.717, 1.165) is 22.3 Å². The van der Waals surface area contributed by atoms with Crippen molar-refractivity contribution in [3.63, 3.8) is 0 Å². The summed E-state index contributed by atoms with van der Waals surface area (Å²) >= 11 is 0. The molecule has 0 bridgehead atoms. The van der Waals surface area contributed by atoms with Crippen LogP contribution >= 0.6 is 0 Å². The smallest absolute Gasteiger partial charge is 0.453 e. The normalized spacial score (nSPS) is 11.6. The van der Waals surface area contributed by atoms with Crippen LogP contribution < -0.4 is 5.82 Å². The molecule has 0 radical (unpaired) electrons. The van der Waals surface area contributed by atoms with Gasteiger partial charge < -0.3 is 28.0 Å². The number of hydrogen-bond donors (Lipinski definition) is 2. The Morgan fingerprint density at radius 3 is 2.43 bits per heavy atom. The molecule has 0 saturated carbocycles. The Hall–Kier alpha value is -4.88. The molecule has 5 rings (SSSR count). The molecule has 0 aliphatic heterocycles. The largest absolute Gasteiger partial charge is 0.519 e. The summed E-state index contributed by atoms with van der Waals surface area (Å²) in [7, 11) is 0. The minimum Gasteiger partial charge on any atom is -0.453 e. The second-order valence-corrected chi connectivity index (χ2v) is 10.0. The van der Waals surface area contributed by atoms with E-state index in [1.807, 2.05) is 55.5 Å². The topological polar surface area (TPSA) is 171 Å². The minimum absolute atomic E-state index is 0.0630. The third-order valence-corrected chi connectivity index (χ3v) is 6.56. The van der Waals surface area contributed by atoms with Gasteiger partial charge in [-0.25, -0.2) is 19.7 Å². The van der Waals surface area contributed by atoms with Crippen LogP contribution in [0.15, 0.2) is 62.2 Å². The standard InChI is InChI=1S/C29H30N6O7/c1-5-39-16-23-30-24(27(36)40-15-22-17(2)41-28(37)42-22)25(29(3,4)38)35(23)14-18-10-12-19(13-11-18)20-8-6-7-9-21(20)26-31-33-34-32-26/h6-13,38H,5,14-16H2,1-4H3,(H,31,32,33,34). The Bertz CT molecular complexity index is 1730. The van der Waals surface area contributed by atoms with Gasteiger partial charge in [0.15, 0.2) is 29.6 Å². The molecule has 0 atom stereocenters. The molecule has 0 saturated heterocycles. The molecule has 2 N–H and O–H groups in total. The van der Waals surface area contributed by atoms with E-state index < -0.39 is 17.4 Å². The lowest BCUT2D eigenvalue weighted by atomic mass is 9.98. The van der Waals surface area contributed by atoms with Gasteiger partial charge in [-0.05, 0) is 54.8 Å². The number of carbonyl (C=O) groups is 1. The van der Waals surface area contributed by atoms with Gasteiger partial charge in [0.25, 0.3) is 0 Å². The molecule has 0 aliphatic carbocycles. The fraction of sp³-hybridized carbons (Fsp3) is 0.310. The van der Waals surface area contributed by atoms with Crippen LogP contribution in [-0.4, -0.2) is 47.9 Å². The van der Waals surface area contributed by atoms with E-state index in [-0.39, 0.29) is 36.1 Å². The number of carbonyl (C=O) groups excluding carboxylic acids is 1. The molecule has 3 aromatic heterocycles. The quantitative estimate of drug-likeness (QED) is 0.220. The monoisotopic (exact) mass is 574 g/mol. The van der Waals surface area contributed by atoms with Gasteiger partial charge in [-0.15, -0.1) is 5.10 Å². The highest BCUT2D eigenvalue weighted by molar-refractivity contribution is 5.89. The maximum Gasteiger partial charge on any atom is 0.519 e. The summed E-state index contributed by atoms with van der Waals surface area (Å²) in [6.45, 7) is 7.02. The first-order chi connectivity index (χ1) is 20.2. The van der Waals surface area contributed by atoms with Gasteiger partial charge in [0, 0.05) is 18.7 Å². The number of nitrogens with zero attached hydrogens (tertiary/aromatic N) is 5. The SMILES string of the molecule is CCOCc1nc(C(=O)OCc2oc(=O)oc2C)c(C(C)(C)O)n1Cc1ccc(-c2ccccc2-c2nnn[nH]2)cc1. The predicted molar refractivity (Wildman–Crippen MR) is 148 cm³/mol. The molecule has 13 heteroatoms. The highest BCUT2D eigenvalue weighted by Gasteiger charge is 2.33. The number of H-pyrrole nitrogens is 1. The molecule has 13 nitrogen and oxygen atoms in total. The third kappa shape index (κ3) is 6.06. The summed E-state index contributed by atoms with van der Waals surface area (Å²) in [5, 5.41) is 25.4. The summed E-state index contributed by atoms with van der Waals surface area (Å²) in [5.41, 5.74) is 2.41. The Labute approximate surface area is 240 Å². The molecule has 218 valence electrons. The molecule has 0 spiro atoms. The number of esters is 1. The van der Waals surface area contributed by atoms with E-state index in [0.29, 0.717) is 24.8 Å². The fourth-order valence-corrected chi connectivity index (χ4v) is 4.63. The van der Waals surface area contributed by atoms with Crippen LogP contribution in [0, 0.1) is 6.92 Å². The van der Waals surface area contributed by atoms with Crippen LogP contribution in [0.5, 0.6) is 0 Å². The van der Waals surface area contributed by atoms with E-state index in [1.165, 1.54) is 6.92 Å². The van der Waals surface area contributed by atoms with E-state index in [2.05, 4.69) is 25.6 Å². The van der Waals surface area contributed by atoms with Gasteiger partial charge >= 0.3 is 11.8 Å². The van der Waals surface area contributed by atoms with E-state index in [9.17, 15) is 14.7 Å². The number of aromatic nitrogens is 6. The number of aliphatic hydroxyl groups is 1. The van der Waals surface area contributed by atoms with Crippen molar-refractivity contribution < 1.29 is 28.2 Å². The number of imidazole rings is 1. The zero-order valence-corrected chi connectivity index (χ0v) is 23.6. The predicted octanol–water partition coefficient (Wildman–Crippen LogP) is 3.75. The molecule has 0 amide bonds. The molecule has 3 heterocycles. The molecular weight excluding hydrogens is 544 g/mol. The fourth-order valence-electron chi connectivity index (χ4n) is 4.63. The average molecular weight is 575 g/mol. The van der Waals surface area contributed by atoms with Crippen molar-refractivity contribution in [2.45, 2.75) is 53.1 Å². The summed E-state index contributed by atoms with van der Waals surface area (Å²) in [5.74, 6) is -0.369. The van der Waals surface area contributed by atoms with Crippen LogP contribution in [0.2, 0.25) is 0 Å². The molecule has 42 heavy (non-hydrogen) atoms. The second-order valence-electron chi connectivity index (χ2n) is 10.0. The van der Waals surface area contributed by atoms with Gasteiger partial charge in [0.2, 0.25) is 0 Å². The second kappa shape index (κ2) is 11.9. The van der Waals surface area contributed by atoms with Crippen molar-refractivity contribution in [2.24, 2.45) is 0 Å². The first kappa shape index (κ1) is 28.6. The Morgan fingerprint density at radius 1 is 1.07 bits per heavy atom. The minimum atomic E-state index is -1.46. The van der Waals surface area contributed by atoms with Crippen molar-refractivity contribution in [2.75, 3.05) is 6.61 Å². The lowest BCUT2D eigenvalue weighted by molar-refractivity contribution is 0.0396. The number of aromatic amines is 1. The Balaban J connectivity index is 1.46. The first-order valence-corrected chi connectivity index (χ1v) is 13.2. The molecular formula is C29H30N6O7. The molecule has 0 unspecified atom stereocenters. The maximum absolute atomic E-state index is 13.2. The van der Waals surface area contributed by atoms with Gasteiger partial charge in [-0.3, -0.25) is 0 Å². The Morgan fingerprint density at radius 2 is 1.81 bits per heavy atom. The number of rotatable bonds is 11. The van der Waals surface area contributed by atoms with E-state index in [4.69, 9.17) is 18.3 Å². The van der Waals surface area contributed by atoms with Crippen LogP contribution in [0.1, 0.15) is 59.9 Å². The van der Waals surface area contributed by atoms with Crippen molar-refractivity contribution in [1.82, 2.24) is 30.2 Å². The summed E-state index contributed by atoms with van der Waals surface area (Å²) in [4.78, 5) is 29.1. The van der Waals surface area contributed by atoms with Gasteiger partial charge in [-0.2, -0.15) is 0 Å². The van der Waals surface area contributed by atoms with E-state index >= 15 is 0 Å².